The van der Waals surface area contributed by atoms with Crippen LogP contribution in [0.25, 0.3) is 0 Å². The van der Waals surface area contributed by atoms with Crippen LogP contribution in [0.3, 0.4) is 0 Å². The van der Waals surface area contributed by atoms with Crippen LogP contribution in [0.1, 0.15) is 33.6 Å². The zero-order valence-corrected chi connectivity index (χ0v) is 11.2. The lowest BCUT2D eigenvalue weighted by atomic mass is 9.94. The molecule has 1 saturated heterocycles. The number of amides is 1. The number of hydrogen-bond acceptors (Lipinski definition) is 4. The number of piperidine rings is 1. The summed E-state index contributed by atoms with van der Waals surface area (Å²) in [7, 11) is 0. The van der Waals surface area contributed by atoms with E-state index in [1.807, 2.05) is 5.94 Å². The smallest absolute Gasteiger partial charge is 0.411 e. The van der Waals surface area contributed by atoms with Gasteiger partial charge in [0.15, 0.2) is 0 Å². The van der Waals surface area contributed by atoms with Crippen LogP contribution in [0, 0.1) is 5.92 Å². The molecule has 2 fully saturated rings. The molecule has 104 valence electrons. The first-order chi connectivity index (χ1) is 8.74. The van der Waals surface area contributed by atoms with Crippen LogP contribution in [-0.2, 0) is 14.3 Å². The molecule has 0 unspecified atom stereocenters. The number of carboxylic acid groups (broad SMARTS) is 1. The number of ether oxygens (including phenoxy) is 1. The molecule has 0 radical (unpaired) electrons. The molecule has 0 spiro atoms. The van der Waals surface area contributed by atoms with E-state index in [1.54, 1.807) is 20.8 Å². The number of rotatable bonds is 1. The molecular formula is C13H17NO5. The standard InChI is InChI=1S/C13H17NO5/c1-13(2,3)19-12(18)14-8-4-7(6-15)9(5-8)10(14)11(16)17/h8-10H,4-5H2,1-3H3,(H,16,17)/t8-,9-,10-/m0/s1. The van der Waals surface area contributed by atoms with E-state index < -0.39 is 29.6 Å². The highest BCUT2D eigenvalue weighted by Crippen LogP contribution is 2.45. The van der Waals surface area contributed by atoms with Gasteiger partial charge in [-0.25, -0.2) is 14.4 Å². The summed E-state index contributed by atoms with van der Waals surface area (Å²) in [4.78, 5) is 35.5. The Hall–Kier alpha value is -1.81. The van der Waals surface area contributed by atoms with Crippen LogP contribution in [0.4, 0.5) is 4.79 Å². The summed E-state index contributed by atoms with van der Waals surface area (Å²) in [6, 6.07) is -1.28. The van der Waals surface area contributed by atoms with E-state index in [4.69, 9.17) is 4.74 Å². The minimum Gasteiger partial charge on any atom is -0.480 e. The maximum Gasteiger partial charge on any atom is 0.411 e. The highest BCUT2D eigenvalue weighted by atomic mass is 16.6. The number of aliphatic carboxylic acids is 1. The van der Waals surface area contributed by atoms with Gasteiger partial charge >= 0.3 is 12.1 Å². The van der Waals surface area contributed by atoms with Gasteiger partial charge in [-0.1, -0.05) is 0 Å². The third-order valence-corrected chi connectivity index (χ3v) is 3.49. The SMILES string of the molecule is CC(C)(C)OC(=O)N1[C@H]2CC(=C=O)[C@H](C2)[C@H]1C(=O)O. The quantitative estimate of drug-likeness (QED) is 0.722. The van der Waals surface area contributed by atoms with Crippen molar-refractivity contribution >= 4 is 18.0 Å². The fourth-order valence-corrected chi connectivity index (χ4v) is 2.86. The molecule has 1 amide bonds. The molecule has 6 heteroatoms. The lowest BCUT2D eigenvalue weighted by Crippen LogP contribution is -2.51. The molecule has 6 nitrogen and oxygen atoms in total. The van der Waals surface area contributed by atoms with Gasteiger partial charge in [-0.05, 0) is 27.2 Å². The predicted octanol–water partition coefficient (Wildman–Crippen LogP) is 1.23. The Morgan fingerprint density at radius 2 is 2.05 bits per heavy atom. The molecule has 19 heavy (non-hydrogen) atoms. The first kappa shape index (κ1) is 13.6. The van der Waals surface area contributed by atoms with Gasteiger partial charge in [0.2, 0.25) is 0 Å². The monoisotopic (exact) mass is 267 g/mol. The van der Waals surface area contributed by atoms with Crippen molar-refractivity contribution in [3.63, 3.8) is 0 Å². The molecule has 3 atom stereocenters. The van der Waals surface area contributed by atoms with Crippen LogP contribution in [0.15, 0.2) is 5.57 Å². The number of carbonyl (C=O) groups excluding carboxylic acids is 2. The van der Waals surface area contributed by atoms with Gasteiger partial charge in [0.25, 0.3) is 0 Å². The van der Waals surface area contributed by atoms with Crippen LogP contribution in [0.5, 0.6) is 0 Å². The van der Waals surface area contributed by atoms with Gasteiger partial charge < -0.3 is 9.84 Å². The summed E-state index contributed by atoms with van der Waals surface area (Å²) in [5.41, 5.74) is -0.206. The second-order valence-corrected chi connectivity index (χ2v) is 6.00. The average molecular weight is 267 g/mol. The second kappa shape index (κ2) is 4.38. The Bertz CT molecular complexity index is 472. The molecule has 1 N–H and O–H groups in total. The van der Waals surface area contributed by atoms with Crippen molar-refractivity contribution in [1.29, 1.82) is 0 Å². The topological polar surface area (TPSA) is 83.9 Å². The molecule has 1 aliphatic heterocycles. The van der Waals surface area contributed by atoms with Crippen LogP contribution in [0.2, 0.25) is 0 Å². The molecule has 2 bridgehead atoms. The number of carboxylic acids is 1. The molecule has 2 rings (SSSR count). The van der Waals surface area contributed by atoms with Gasteiger partial charge in [0.1, 0.15) is 17.6 Å². The summed E-state index contributed by atoms with van der Waals surface area (Å²) in [6.07, 6.45) is 0.273. The Morgan fingerprint density at radius 1 is 1.42 bits per heavy atom. The van der Waals surface area contributed by atoms with Crippen LogP contribution < -0.4 is 0 Å². The van der Waals surface area contributed by atoms with E-state index in [1.165, 1.54) is 4.90 Å². The summed E-state index contributed by atoms with van der Waals surface area (Å²) >= 11 is 0. The number of fused-ring (bicyclic) bond motifs is 2. The van der Waals surface area contributed by atoms with Crippen molar-refractivity contribution < 1.29 is 24.2 Å². The molecule has 1 aliphatic carbocycles. The van der Waals surface area contributed by atoms with E-state index in [2.05, 4.69) is 0 Å². The average Bonchev–Trinajstić information content (AvgIpc) is 2.82. The fourth-order valence-electron chi connectivity index (χ4n) is 2.86. The van der Waals surface area contributed by atoms with Gasteiger partial charge in [-0.15, -0.1) is 0 Å². The zero-order chi connectivity index (χ0) is 14.4. The minimum absolute atomic E-state index is 0.266. The minimum atomic E-state index is -1.11. The Labute approximate surface area is 111 Å². The predicted molar refractivity (Wildman–Crippen MR) is 65.2 cm³/mol. The number of likely N-dealkylation sites (tertiary alicyclic amines) is 1. The van der Waals surface area contributed by atoms with Gasteiger partial charge in [0.05, 0.1) is 0 Å². The van der Waals surface area contributed by atoms with Crippen LogP contribution >= 0.6 is 0 Å². The van der Waals surface area contributed by atoms with Crippen molar-refractivity contribution in [2.24, 2.45) is 5.92 Å². The molecule has 0 aromatic carbocycles. The maximum absolute atomic E-state index is 12.1. The zero-order valence-electron chi connectivity index (χ0n) is 11.2. The molecule has 1 heterocycles. The highest BCUT2D eigenvalue weighted by molar-refractivity contribution is 5.84. The largest absolute Gasteiger partial charge is 0.480 e. The first-order valence-electron chi connectivity index (χ1n) is 6.22. The first-order valence-corrected chi connectivity index (χ1v) is 6.22. The number of nitrogens with zero attached hydrogens (tertiary/aromatic N) is 1. The third-order valence-electron chi connectivity index (χ3n) is 3.49. The normalized spacial score (nSPS) is 29.3. The maximum atomic E-state index is 12.1. The van der Waals surface area contributed by atoms with Gasteiger partial charge in [0, 0.05) is 24.0 Å². The van der Waals surface area contributed by atoms with E-state index in [0.29, 0.717) is 18.4 Å². The van der Waals surface area contributed by atoms with Crippen molar-refractivity contribution in [1.82, 2.24) is 4.90 Å². The number of hydrogen-bond donors (Lipinski definition) is 1. The van der Waals surface area contributed by atoms with Crippen molar-refractivity contribution in [2.75, 3.05) is 0 Å². The van der Waals surface area contributed by atoms with Crippen molar-refractivity contribution in [3.05, 3.63) is 5.57 Å². The van der Waals surface area contributed by atoms with Gasteiger partial charge in [-0.2, -0.15) is 0 Å². The third kappa shape index (κ3) is 2.36. The molecule has 1 saturated carbocycles. The summed E-state index contributed by atoms with van der Waals surface area (Å²) in [5, 5.41) is 9.27. The van der Waals surface area contributed by atoms with E-state index in [0.717, 1.165) is 0 Å². The van der Waals surface area contributed by atoms with Crippen LogP contribution in [-0.4, -0.2) is 45.7 Å². The molecular weight excluding hydrogens is 250 g/mol. The van der Waals surface area contributed by atoms with E-state index >= 15 is 0 Å². The van der Waals surface area contributed by atoms with Gasteiger partial charge in [-0.3, -0.25) is 4.90 Å². The lowest BCUT2D eigenvalue weighted by Gasteiger charge is -2.34. The molecule has 0 aromatic heterocycles. The molecule has 0 aromatic rings. The molecule has 2 aliphatic rings. The Kier molecular flexibility index (Phi) is 3.14. The Balaban J connectivity index is 2.24. The van der Waals surface area contributed by atoms with Crippen molar-refractivity contribution in [3.8, 4) is 0 Å². The summed E-state index contributed by atoms with van der Waals surface area (Å²) in [6.45, 7) is 5.18. The summed E-state index contributed by atoms with van der Waals surface area (Å²) < 4.78 is 5.24. The van der Waals surface area contributed by atoms with E-state index in [-0.39, 0.29) is 6.04 Å². The summed E-state index contributed by atoms with van der Waals surface area (Å²) in [5.74, 6) is 0.283. The van der Waals surface area contributed by atoms with E-state index in [9.17, 15) is 19.5 Å². The lowest BCUT2D eigenvalue weighted by molar-refractivity contribution is -0.144. The second-order valence-electron chi connectivity index (χ2n) is 6.00. The number of carbonyl (C=O) groups is 2. The Morgan fingerprint density at radius 3 is 2.53 bits per heavy atom. The fraction of sp³-hybridized carbons (Fsp3) is 0.692. The van der Waals surface area contributed by atoms with Crippen molar-refractivity contribution in [2.45, 2.75) is 51.3 Å². The highest BCUT2D eigenvalue weighted by Gasteiger charge is 2.55.